The number of anilines is 1. The van der Waals surface area contributed by atoms with E-state index in [9.17, 15) is 4.79 Å². The Morgan fingerprint density at radius 1 is 0.957 bits per heavy atom. The minimum absolute atomic E-state index is 0.00704. The molecular formula is C19H25N2O2+. The average molecular weight is 313 g/mol. The summed E-state index contributed by atoms with van der Waals surface area (Å²) in [5.41, 5.74) is 3.82. The van der Waals surface area contributed by atoms with Gasteiger partial charge in [0.2, 0.25) is 6.54 Å². The van der Waals surface area contributed by atoms with E-state index in [4.69, 9.17) is 5.11 Å². The number of benzene rings is 1. The number of hydrogen-bond donors (Lipinski definition) is 1. The first-order valence-corrected chi connectivity index (χ1v) is 8.16. The Morgan fingerprint density at radius 3 is 1.96 bits per heavy atom. The second-order valence-electron chi connectivity index (χ2n) is 5.61. The van der Waals surface area contributed by atoms with E-state index in [1.807, 2.05) is 24.5 Å². The Balaban J connectivity index is 1.91. The van der Waals surface area contributed by atoms with Crippen molar-refractivity contribution >= 4 is 11.7 Å². The number of carboxylic acids is 1. The maximum Gasteiger partial charge on any atom is 0.370 e. The third-order valence-electron chi connectivity index (χ3n) is 4.05. The minimum atomic E-state index is -0.823. The van der Waals surface area contributed by atoms with Gasteiger partial charge in [0.15, 0.2) is 12.4 Å². The Kier molecular flexibility index (Phi) is 6.15. The lowest BCUT2D eigenvalue weighted by molar-refractivity contribution is -0.685. The van der Waals surface area contributed by atoms with Gasteiger partial charge in [-0.1, -0.05) is 12.1 Å². The predicted molar refractivity (Wildman–Crippen MR) is 91.7 cm³/mol. The van der Waals surface area contributed by atoms with E-state index >= 15 is 0 Å². The number of aliphatic carboxylic acids is 1. The van der Waals surface area contributed by atoms with Crippen LogP contribution in [0.15, 0.2) is 48.8 Å². The monoisotopic (exact) mass is 313 g/mol. The number of pyridine rings is 1. The molecule has 0 aliphatic heterocycles. The molecule has 122 valence electrons. The molecule has 4 nitrogen and oxygen atoms in total. The molecule has 23 heavy (non-hydrogen) atoms. The molecule has 0 fully saturated rings. The van der Waals surface area contributed by atoms with E-state index in [1.54, 1.807) is 4.57 Å². The molecular weight excluding hydrogens is 288 g/mol. The summed E-state index contributed by atoms with van der Waals surface area (Å²) in [5, 5.41) is 8.76. The quantitative estimate of drug-likeness (QED) is 0.762. The van der Waals surface area contributed by atoms with E-state index in [0.717, 1.165) is 25.9 Å². The zero-order valence-corrected chi connectivity index (χ0v) is 13.9. The molecule has 4 heteroatoms. The third-order valence-corrected chi connectivity index (χ3v) is 4.05. The van der Waals surface area contributed by atoms with Crippen LogP contribution >= 0.6 is 0 Å². The van der Waals surface area contributed by atoms with Crippen LogP contribution in [-0.4, -0.2) is 24.2 Å². The highest BCUT2D eigenvalue weighted by atomic mass is 16.4. The van der Waals surface area contributed by atoms with Crippen molar-refractivity contribution in [3.8, 4) is 0 Å². The van der Waals surface area contributed by atoms with Crippen molar-refractivity contribution in [2.24, 2.45) is 0 Å². The fourth-order valence-corrected chi connectivity index (χ4v) is 2.67. The van der Waals surface area contributed by atoms with Gasteiger partial charge in [-0.05, 0) is 49.9 Å². The molecule has 0 aliphatic carbocycles. The summed E-state index contributed by atoms with van der Waals surface area (Å²) in [5.74, 6) is -0.823. The van der Waals surface area contributed by atoms with Crippen molar-refractivity contribution < 1.29 is 14.5 Å². The van der Waals surface area contributed by atoms with Crippen molar-refractivity contribution in [2.75, 3.05) is 18.0 Å². The number of rotatable bonds is 8. The number of nitrogens with zero attached hydrogens (tertiary/aromatic N) is 2. The van der Waals surface area contributed by atoms with Crippen LogP contribution in [-0.2, 0) is 24.2 Å². The molecule has 0 spiro atoms. The van der Waals surface area contributed by atoms with Crippen LogP contribution in [0.1, 0.15) is 25.0 Å². The Bertz CT molecular complexity index is 617. The summed E-state index contributed by atoms with van der Waals surface area (Å²) in [4.78, 5) is 13.0. The fraction of sp³-hybridized carbons (Fsp3) is 0.368. The third kappa shape index (κ3) is 5.09. The molecule has 0 bridgehead atoms. The van der Waals surface area contributed by atoms with Gasteiger partial charge in [-0.3, -0.25) is 0 Å². The van der Waals surface area contributed by atoms with E-state index in [-0.39, 0.29) is 6.54 Å². The molecule has 1 heterocycles. The number of aromatic nitrogens is 1. The Hall–Kier alpha value is -2.36. The van der Waals surface area contributed by atoms with Gasteiger partial charge in [-0.15, -0.1) is 0 Å². The lowest BCUT2D eigenvalue weighted by atomic mass is 10.0. The summed E-state index contributed by atoms with van der Waals surface area (Å²) in [6.07, 6.45) is 5.60. The summed E-state index contributed by atoms with van der Waals surface area (Å²) in [6.45, 7) is 6.40. The highest BCUT2D eigenvalue weighted by molar-refractivity contribution is 5.64. The first-order chi connectivity index (χ1) is 11.1. The topological polar surface area (TPSA) is 44.4 Å². The van der Waals surface area contributed by atoms with Crippen LogP contribution in [0, 0.1) is 0 Å². The van der Waals surface area contributed by atoms with Crippen LogP contribution < -0.4 is 9.47 Å². The van der Waals surface area contributed by atoms with E-state index in [1.165, 1.54) is 16.8 Å². The van der Waals surface area contributed by atoms with Gasteiger partial charge in [-0.2, -0.15) is 4.57 Å². The first-order valence-electron chi connectivity index (χ1n) is 8.16. The summed E-state index contributed by atoms with van der Waals surface area (Å²) in [7, 11) is 0. The van der Waals surface area contributed by atoms with Gasteiger partial charge in [0.05, 0.1) is 0 Å². The summed E-state index contributed by atoms with van der Waals surface area (Å²) in [6, 6.07) is 12.8. The van der Waals surface area contributed by atoms with Crippen molar-refractivity contribution in [2.45, 2.75) is 33.2 Å². The fourth-order valence-electron chi connectivity index (χ4n) is 2.67. The minimum Gasteiger partial charge on any atom is -0.477 e. The van der Waals surface area contributed by atoms with E-state index < -0.39 is 5.97 Å². The molecule has 0 saturated carbocycles. The molecule has 0 amide bonds. The standard InChI is InChI=1S/C19H24N2O2/c1-3-21(4-2)18-9-7-16(8-10-18)5-6-17-11-13-20(14-12-17)15-19(22)23/h7-14H,3-6,15H2,1-2H3/p+1. The lowest BCUT2D eigenvalue weighted by Crippen LogP contribution is -2.36. The molecule has 2 aromatic rings. The van der Waals surface area contributed by atoms with Crippen molar-refractivity contribution in [1.82, 2.24) is 0 Å². The van der Waals surface area contributed by atoms with Crippen LogP contribution in [0.25, 0.3) is 0 Å². The van der Waals surface area contributed by atoms with Crippen LogP contribution in [0.4, 0.5) is 5.69 Å². The molecule has 1 aromatic heterocycles. The summed E-state index contributed by atoms with van der Waals surface area (Å²) < 4.78 is 1.67. The van der Waals surface area contributed by atoms with Gasteiger partial charge in [-0.25, -0.2) is 4.79 Å². The molecule has 1 aromatic carbocycles. The zero-order valence-electron chi connectivity index (χ0n) is 13.9. The summed E-state index contributed by atoms with van der Waals surface area (Å²) >= 11 is 0. The second kappa shape index (κ2) is 8.32. The molecule has 0 unspecified atom stereocenters. The predicted octanol–water partition coefficient (Wildman–Crippen LogP) is 2.69. The van der Waals surface area contributed by atoms with Gasteiger partial charge in [0.1, 0.15) is 0 Å². The van der Waals surface area contributed by atoms with Crippen molar-refractivity contribution in [3.05, 3.63) is 59.9 Å². The molecule has 2 rings (SSSR count). The van der Waals surface area contributed by atoms with Crippen molar-refractivity contribution in [1.29, 1.82) is 0 Å². The van der Waals surface area contributed by atoms with Gasteiger partial charge < -0.3 is 10.0 Å². The molecule has 0 saturated heterocycles. The van der Waals surface area contributed by atoms with Crippen LogP contribution in [0.2, 0.25) is 0 Å². The van der Waals surface area contributed by atoms with Gasteiger partial charge >= 0.3 is 5.97 Å². The number of carboxylic acid groups (broad SMARTS) is 1. The largest absolute Gasteiger partial charge is 0.477 e. The van der Waals surface area contributed by atoms with Gasteiger partial charge in [0, 0.05) is 30.9 Å². The van der Waals surface area contributed by atoms with Crippen LogP contribution in [0.3, 0.4) is 0 Å². The first kappa shape index (κ1) is 17.0. The maximum atomic E-state index is 10.7. The Labute approximate surface area is 138 Å². The number of carbonyl (C=O) groups is 1. The van der Waals surface area contributed by atoms with E-state index in [0.29, 0.717) is 0 Å². The highest BCUT2D eigenvalue weighted by Gasteiger charge is 2.07. The van der Waals surface area contributed by atoms with Gasteiger partial charge in [0.25, 0.3) is 0 Å². The molecule has 0 radical (unpaired) electrons. The maximum absolute atomic E-state index is 10.7. The average Bonchev–Trinajstić information content (AvgIpc) is 2.56. The molecule has 0 atom stereocenters. The molecule has 0 aliphatic rings. The number of aryl methyl sites for hydroxylation is 2. The Morgan fingerprint density at radius 2 is 1.48 bits per heavy atom. The zero-order chi connectivity index (χ0) is 16.7. The lowest BCUT2D eigenvalue weighted by Gasteiger charge is -2.21. The molecule has 1 N–H and O–H groups in total. The second-order valence-corrected chi connectivity index (χ2v) is 5.61. The van der Waals surface area contributed by atoms with Crippen molar-refractivity contribution in [3.63, 3.8) is 0 Å². The van der Waals surface area contributed by atoms with E-state index in [2.05, 4.69) is 43.0 Å². The van der Waals surface area contributed by atoms with Crippen LogP contribution in [0.5, 0.6) is 0 Å². The SMILES string of the molecule is CCN(CC)c1ccc(CCc2cc[n+](CC(=O)O)cc2)cc1. The highest BCUT2D eigenvalue weighted by Crippen LogP contribution is 2.16. The normalized spacial score (nSPS) is 10.5. The smallest absolute Gasteiger partial charge is 0.370 e. The number of hydrogen-bond acceptors (Lipinski definition) is 2.